The predicted molar refractivity (Wildman–Crippen MR) is 102 cm³/mol. The van der Waals surface area contributed by atoms with Crippen LogP contribution in [0.1, 0.15) is 33.6 Å². The second-order valence-electron chi connectivity index (χ2n) is 6.08. The number of anilines is 1. The van der Waals surface area contributed by atoms with Gasteiger partial charge in [-0.2, -0.15) is 0 Å². The molecule has 1 aliphatic carbocycles. The van der Waals surface area contributed by atoms with Crippen molar-refractivity contribution in [3.8, 4) is 0 Å². The van der Waals surface area contributed by atoms with Crippen molar-refractivity contribution in [3.63, 3.8) is 0 Å². The highest BCUT2D eigenvalue weighted by atomic mass is 32.2. The van der Waals surface area contributed by atoms with Crippen molar-refractivity contribution >= 4 is 44.3 Å². The van der Waals surface area contributed by atoms with Crippen LogP contribution in [-0.4, -0.2) is 20.2 Å². The average Bonchev–Trinajstić information content (AvgIpc) is 3.38. The molecule has 0 radical (unpaired) electrons. The summed E-state index contributed by atoms with van der Waals surface area (Å²) >= 11 is 1.06. The minimum absolute atomic E-state index is 0.0539. The lowest BCUT2D eigenvalue weighted by Crippen LogP contribution is -2.28. The number of nitrogens with one attached hydrogen (secondary N) is 2. The van der Waals surface area contributed by atoms with E-state index >= 15 is 0 Å². The van der Waals surface area contributed by atoms with E-state index in [1.54, 1.807) is 37.3 Å². The third kappa shape index (κ3) is 4.80. The van der Waals surface area contributed by atoms with Crippen molar-refractivity contribution in [1.82, 2.24) is 4.72 Å². The molecule has 0 saturated heterocycles. The molecule has 3 rings (SSSR count). The molecule has 8 heteroatoms. The van der Waals surface area contributed by atoms with Crippen LogP contribution in [0.25, 0.3) is 6.08 Å². The van der Waals surface area contributed by atoms with Crippen LogP contribution in [0.2, 0.25) is 0 Å². The first kappa shape index (κ1) is 18.3. The number of rotatable bonds is 6. The summed E-state index contributed by atoms with van der Waals surface area (Å²) in [6.07, 6.45) is 3.18. The Morgan fingerprint density at radius 1 is 1.19 bits per heavy atom. The minimum atomic E-state index is -3.92. The van der Waals surface area contributed by atoms with Crippen LogP contribution in [0, 0.1) is 12.8 Å². The number of aryl methyl sites for hydroxylation is 1. The summed E-state index contributed by atoms with van der Waals surface area (Å²) in [6.45, 7) is 1.70. The van der Waals surface area contributed by atoms with Gasteiger partial charge in [0.25, 0.3) is 15.9 Å². The summed E-state index contributed by atoms with van der Waals surface area (Å²) < 4.78 is 26.2. The molecule has 136 valence electrons. The summed E-state index contributed by atoms with van der Waals surface area (Å²) in [6, 6.07) is 10.6. The highest BCUT2D eigenvalue weighted by Gasteiger charge is 2.30. The van der Waals surface area contributed by atoms with Crippen LogP contribution in [0.15, 0.2) is 41.8 Å². The van der Waals surface area contributed by atoms with Crippen molar-refractivity contribution < 1.29 is 18.0 Å². The van der Waals surface area contributed by atoms with E-state index < -0.39 is 15.9 Å². The van der Waals surface area contributed by atoms with Gasteiger partial charge >= 0.3 is 0 Å². The van der Waals surface area contributed by atoms with Crippen LogP contribution in [0.5, 0.6) is 0 Å². The molecule has 1 saturated carbocycles. The molecule has 1 fully saturated rings. The largest absolute Gasteiger partial charge is 0.317 e. The lowest BCUT2D eigenvalue weighted by atomic mass is 10.2. The van der Waals surface area contributed by atoms with Crippen LogP contribution < -0.4 is 10.0 Å². The molecule has 2 amide bonds. The summed E-state index contributed by atoms with van der Waals surface area (Å²) in [5.41, 5.74) is 1.32. The normalized spacial score (nSPS) is 14.3. The van der Waals surface area contributed by atoms with Gasteiger partial charge in [-0.15, -0.1) is 11.3 Å². The first-order chi connectivity index (χ1) is 12.3. The van der Waals surface area contributed by atoms with E-state index in [0.717, 1.165) is 29.6 Å². The molecule has 2 N–H and O–H groups in total. The molecule has 1 aromatic carbocycles. The molecule has 0 bridgehead atoms. The molecule has 6 nitrogen and oxygen atoms in total. The first-order valence-corrected chi connectivity index (χ1v) is 10.4. The monoisotopic (exact) mass is 390 g/mol. The molecule has 0 spiro atoms. The Balaban J connectivity index is 1.67. The van der Waals surface area contributed by atoms with Gasteiger partial charge in [-0.1, -0.05) is 30.3 Å². The van der Waals surface area contributed by atoms with Gasteiger partial charge < -0.3 is 5.32 Å². The second kappa shape index (κ2) is 7.43. The number of carbonyl (C=O) groups is 2. The van der Waals surface area contributed by atoms with Crippen LogP contribution in [0.4, 0.5) is 5.00 Å². The van der Waals surface area contributed by atoms with Crippen molar-refractivity contribution in [2.45, 2.75) is 19.8 Å². The summed E-state index contributed by atoms with van der Waals surface area (Å²) in [7, 11) is -3.92. The van der Waals surface area contributed by atoms with E-state index in [-0.39, 0.29) is 16.7 Å². The molecule has 2 aromatic rings. The lowest BCUT2D eigenvalue weighted by Gasteiger charge is -2.02. The quantitative estimate of drug-likeness (QED) is 0.793. The maximum absolute atomic E-state index is 12.3. The zero-order chi connectivity index (χ0) is 18.7. The van der Waals surface area contributed by atoms with E-state index in [9.17, 15) is 18.0 Å². The summed E-state index contributed by atoms with van der Waals surface area (Å²) in [4.78, 5) is 24.4. The van der Waals surface area contributed by atoms with Gasteiger partial charge in [-0.05, 0) is 43.0 Å². The Morgan fingerprint density at radius 3 is 2.54 bits per heavy atom. The topological polar surface area (TPSA) is 92.3 Å². The highest BCUT2D eigenvalue weighted by molar-refractivity contribution is 7.93. The third-order valence-corrected chi connectivity index (χ3v) is 5.91. The van der Waals surface area contributed by atoms with E-state index in [2.05, 4.69) is 5.32 Å². The van der Waals surface area contributed by atoms with Crippen LogP contribution in [-0.2, 0) is 14.8 Å². The average molecular weight is 390 g/mol. The van der Waals surface area contributed by atoms with E-state index in [1.165, 1.54) is 6.08 Å². The van der Waals surface area contributed by atoms with E-state index in [1.807, 2.05) is 10.8 Å². The SMILES string of the molecule is Cc1cc(NC(=O)C2CC2)sc1C(=O)NS(=O)(=O)/C=C/c1ccccc1. The van der Waals surface area contributed by atoms with E-state index in [0.29, 0.717) is 16.1 Å². The second-order valence-corrected chi connectivity index (χ2v) is 8.69. The van der Waals surface area contributed by atoms with Gasteiger partial charge in [0.1, 0.15) is 0 Å². The van der Waals surface area contributed by atoms with Gasteiger partial charge in [0.2, 0.25) is 5.91 Å². The van der Waals surface area contributed by atoms with E-state index in [4.69, 9.17) is 0 Å². The Hall–Kier alpha value is -2.45. The Kier molecular flexibility index (Phi) is 5.24. The summed E-state index contributed by atoms with van der Waals surface area (Å²) in [5.74, 6) is -0.716. The van der Waals surface area contributed by atoms with Gasteiger partial charge in [-0.3, -0.25) is 9.59 Å². The number of hydrogen-bond donors (Lipinski definition) is 2. The number of amides is 2. The molecule has 0 atom stereocenters. The number of benzene rings is 1. The Labute approximate surface area is 156 Å². The van der Waals surface area contributed by atoms with Crippen LogP contribution >= 0.6 is 11.3 Å². The molecule has 0 aliphatic heterocycles. The highest BCUT2D eigenvalue weighted by Crippen LogP contribution is 2.32. The molecule has 1 heterocycles. The standard InChI is InChI=1S/C18H18N2O4S2/c1-12-11-15(19-17(21)14-7-8-14)25-16(12)18(22)20-26(23,24)10-9-13-5-3-2-4-6-13/h2-6,9-11,14H,7-8H2,1H3,(H,19,21)(H,20,22)/b10-9+. The van der Waals surface area contributed by atoms with Crippen molar-refractivity contribution in [3.05, 3.63) is 57.8 Å². The molecular formula is C18H18N2O4S2. The molecule has 1 aliphatic rings. The van der Waals surface area contributed by atoms with Gasteiger partial charge in [0, 0.05) is 5.92 Å². The molecule has 26 heavy (non-hydrogen) atoms. The van der Waals surface area contributed by atoms with Gasteiger partial charge in [-0.25, -0.2) is 13.1 Å². The maximum Gasteiger partial charge on any atom is 0.275 e. The minimum Gasteiger partial charge on any atom is -0.317 e. The Morgan fingerprint density at radius 2 is 1.88 bits per heavy atom. The van der Waals surface area contributed by atoms with Gasteiger partial charge in [0.05, 0.1) is 15.3 Å². The third-order valence-electron chi connectivity index (χ3n) is 3.79. The fourth-order valence-corrected chi connectivity index (χ4v) is 4.08. The van der Waals surface area contributed by atoms with Crippen molar-refractivity contribution in [2.75, 3.05) is 5.32 Å². The zero-order valence-corrected chi connectivity index (χ0v) is 15.7. The van der Waals surface area contributed by atoms with Crippen LogP contribution in [0.3, 0.4) is 0 Å². The molecular weight excluding hydrogens is 372 g/mol. The number of thiophene rings is 1. The first-order valence-electron chi connectivity index (χ1n) is 8.05. The number of hydrogen-bond acceptors (Lipinski definition) is 5. The Bertz CT molecular complexity index is 958. The van der Waals surface area contributed by atoms with Gasteiger partial charge in [0.15, 0.2) is 0 Å². The number of sulfonamides is 1. The van der Waals surface area contributed by atoms with Crippen molar-refractivity contribution in [1.29, 1.82) is 0 Å². The smallest absolute Gasteiger partial charge is 0.275 e. The predicted octanol–water partition coefficient (Wildman–Crippen LogP) is 3.14. The van der Waals surface area contributed by atoms with Crippen molar-refractivity contribution in [2.24, 2.45) is 5.92 Å². The fourth-order valence-electron chi connectivity index (χ4n) is 2.28. The number of carbonyl (C=O) groups excluding carboxylic acids is 2. The molecule has 0 unspecified atom stereocenters. The summed E-state index contributed by atoms with van der Waals surface area (Å²) in [5, 5.41) is 4.27. The zero-order valence-electron chi connectivity index (χ0n) is 14.1. The maximum atomic E-state index is 12.3. The fraction of sp³-hybridized carbons (Fsp3) is 0.222. The lowest BCUT2D eigenvalue weighted by molar-refractivity contribution is -0.117. The molecule has 1 aromatic heterocycles.